The molecule has 2 fully saturated rings. The normalized spacial score (nSPS) is 20.9. The van der Waals surface area contributed by atoms with Gasteiger partial charge in [0.05, 0.1) is 0 Å². The van der Waals surface area contributed by atoms with Gasteiger partial charge in [-0.05, 0) is 57.0 Å². The number of hydrogen-bond donors (Lipinski definition) is 3. The van der Waals surface area contributed by atoms with Crippen molar-refractivity contribution >= 4 is 29.9 Å². The number of amides is 2. The average molecular weight is 354 g/mol. The molecule has 1 aromatic rings. The van der Waals surface area contributed by atoms with E-state index in [0.29, 0.717) is 17.9 Å². The fraction of sp³-hybridized carbons (Fsp3) is 0.529. The number of carbonyl (C=O) groups excluding carboxylic acids is 2. The van der Waals surface area contributed by atoms with Crippen LogP contribution < -0.4 is 16.0 Å². The van der Waals surface area contributed by atoms with Crippen molar-refractivity contribution in [1.29, 1.82) is 0 Å². The van der Waals surface area contributed by atoms with Crippen molar-refractivity contribution in [2.45, 2.75) is 37.8 Å². The van der Waals surface area contributed by atoms with Gasteiger partial charge in [0.25, 0.3) is 11.8 Å². The van der Waals surface area contributed by atoms with Crippen LogP contribution in [-0.2, 0) is 9.53 Å². The van der Waals surface area contributed by atoms with Crippen LogP contribution in [0.25, 0.3) is 0 Å². The van der Waals surface area contributed by atoms with Gasteiger partial charge in [-0.1, -0.05) is 6.07 Å². The molecule has 2 amide bonds. The van der Waals surface area contributed by atoms with Gasteiger partial charge in [0.15, 0.2) is 0 Å². The van der Waals surface area contributed by atoms with Crippen LogP contribution in [0.2, 0.25) is 0 Å². The largest absolute Gasteiger partial charge is 0.368 e. The molecule has 1 aromatic carbocycles. The quantitative estimate of drug-likeness (QED) is 0.770. The second-order valence-electron chi connectivity index (χ2n) is 6.07. The molecular weight excluding hydrogens is 330 g/mol. The number of piperidine rings is 1. The van der Waals surface area contributed by atoms with Gasteiger partial charge >= 0.3 is 0 Å². The number of nitrogens with one attached hydrogen (secondary N) is 3. The molecule has 0 spiro atoms. The van der Waals surface area contributed by atoms with Gasteiger partial charge < -0.3 is 20.7 Å². The van der Waals surface area contributed by atoms with Crippen molar-refractivity contribution in [2.75, 3.05) is 25.0 Å². The molecule has 2 heterocycles. The first kappa shape index (κ1) is 18.7. The minimum absolute atomic E-state index is 0. The SMILES string of the molecule is Cl.O=C(NC1CCNCC1)c1cccc(NC(=O)C2CCCO2)c1. The summed E-state index contributed by atoms with van der Waals surface area (Å²) in [5, 5.41) is 9.16. The number of halogens is 1. The molecule has 2 saturated heterocycles. The second-order valence-corrected chi connectivity index (χ2v) is 6.07. The summed E-state index contributed by atoms with van der Waals surface area (Å²) in [5.41, 5.74) is 1.19. The highest BCUT2D eigenvalue weighted by molar-refractivity contribution is 5.98. The maximum absolute atomic E-state index is 12.3. The highest BCUT2D eigenvalue weighted by Crippen LogP contribution is 2.16. The van der Waals surface area contributed by atoms with Gasteiger partial charge in [0, 0.05) is 23.9 Å². The topological polar surface area (TPSA) is 79.5 Å². The first-order valence-corrected chi connectivity index (χ1v) is 8.26. The summed E-state index contributed by atoms with van der Waals surface area (Å²) in [7, 11) is 0. The fourth-order valence-corrected chi connectivity index (χ4v) is 2.98. The number of carbonyl (C=O) groups is 2. The summed E-state index contributed by atoms with van der Waals surface area (Å²) in [5.74, 6) is -0.233. The predicted octanol–water partition coefficient (Wildman–Crippen LogP) is 1.71. The van der Waals surface area contributed by atoms with Crippen LogP contribution in [0.5, 0.6) is 0 Å². The molecule has 3 N–H and O–H groups in total. The number of anilines is 1. The lowest BCUT2D eigenvalue weighted by Crippen LogP contribution is -2.42. The fourth-order valence-electron chi connectivity index (χ4n) is 2.98. The Morgan fingerprint density at radius 1 is 1.17 bits per heavy atom. The zero-order chi connectivity index (χ0) is 16.1. The summed E-state index contributed by atoms with van der Waals surface area (Å²) in [6.45, 7) is 2.50. The van der Waals surface area contributed by atoms with Crippen molar-refractivity contribution in [3.05, 3.63) is 29.8 Å². The smallest absolute Gasteiger partial charge is 0.253 e. The molecule has 1 atom stereocenters. The molecule has 0 bridgehead atoms. The second kappa shape index (κ2) is 9.01. The Labute approximate surface area is 148 Å². The lowest BCUT2D eigenvalue weighted by molar-refractivity contribution is -0.124. The molecule has 2 aliphatic heterocycles. The molecule has 1 unspecified atom stereocenters. The molecular formula is C17H24ClN3O3. The van der Waals surface area contributed by atoms with Crippen LogP contribution in [0.3, 0.4) is 0 Å². The Kier molecular flexibility index (Phi) is 7.02. The van der Waals surface area contributed by atoms with Crippen molar-refractivity contribution in [1.82, 2.24) is 10.6 Å². The average Bonchev–Trinajstić information content (AvgIpc) is 3.11. The van der Waals surface area contributed by atoms with E-state index in [1.54, 1.807) is 24.3 Å². The lowest BCUT2D eigenvalue weighted by atomic mass is 10.1. The summed E-state index contributed by atoms with van der Waals surface area (Å²) in [6, 6.07) is 7.26. The minimum Gasteiger partial charge on any atom is -0.368 e. The van der Waals surface area contributed by atoms with E-state index in [2.05, 4.69) is 16.0 Å². The Bertz CT molecular complexity index is 570. The number of rotatable bonds is 4. The van der Waals surface area contributed by atoms with E-state index < -0.39 is 0 Å². The van der Waals surface area contributed by atoms with Gasteiger partial charge in [0.2, 0.25) is 0 Å². The third-order valence-corrected chi connectivity index (χ3v) is 4.29. The van der Waals surface area contributed by atoms with Crippen LogP contribution in [0.15, 0.2) is 24.3 Å². The first-order valence-electron chi connectivity index (χ1n) is 8.26. The van der Waals surface area contributed by atoms with E-state index in [9.17, 15) is 9.59 Å². The molecule has 0 radical (unpaired) electrons. The van der Waals surface area contributed by atoms with Crippen LogP contribution in [0.1, 0.15) is 36.0 Å². The van der Waals surface area contributed by atoms with Crippen LogP contribution in [-0.4, -0.2) is 43.7 Å². The molecule has 24 heavy (non-hydrogen) atoms. The van der Waals surface area contributed by atoms with Gasteiger partial charge in [-0.15, -0.1) is 12.4 Å². The van der Waals surface area contributed by atoms with E-state index in [4.69, 9.17) is 4.74 Å². The molecule has 0 aromatic heterocycles. The molecule has 3 rings (SSSR count). The standard InChI is InChI=1S/C17H23N3O3.ClH/c21-16(19-13-6-8-18-9-7-13)12-3-1-4-14(11-12)20-17(22)15-5-2-10-23-15;/h1,3-4,11,13,15,18H,2,5-10H2,(H,19,21)(H,20,22);1H. The highest BCUT2D eigenvalue weighted by Gasteiger charge is 2.23. The summed E-state index contributed by atoms with van der Waals surface area (Å²) >= 11 is 0. The van der Waals surface area contributed by atoms with Crippen LogP contribution in [0.4, 0.5) is 5.69 Å². The van der Waals surface area contributed by atoms with Gasteiger partial charge in [-0.3, -0.25) is 9.59 Å². The zero-order valence-corrected chi connectivity index (χ0v) is 14.4. The Morgan fingerprint density at radius 3 is 2.67 bits per heavy atom. The van der Waals surface area contributed by atoms with Gasteiger partial charge in [-0.2, -0.15) is 0 Å². The molecule has 2 aliphatic rings. The third kappa shape index (κ3) is 4.93. The molecule has 0 saturated carbocycles. The number of hydrogen-bond acceptors (Lipinski definition) is 4. The van der Waals surface area contributed by atoms with E-state index >= 15 is 0 Å². The van der Waals surface area contributed by atoms with E-state index in [1.165, 1.54) is 0 Å². The highest BCUT2D eigenvalue weighted by atomic mass is 35.5. The monoisotopic (exact) mass is 353 g/mol. The lowest BCUT2D eigenvalue weighted by Gasteiger charge is -2.23. The maximum Gasteiger partial charge on any atom is 0.253 e. The maximum atomic E-state index is 12.3. The van der Waals surface area contributed by atoms with Gasteiger partial charge in [-0.25, -0.2) is 0 Å². The minimum atomic E-state index is -0.373. The number of ether oxygens (including phenoxy) is 1. The predicted molar refractivity (Wildman–Crippen MR) is 94.7 cm³/mol. The molecule has 0 aliphatic carbocycles. The van der Waals surface area contributed by atoms with Crippen molar-refractivity contribution in [2.24, 2.45) is 0 Å². The van der Waals surface area contributed by atoms with Crippen molar-refractivity contribution in [3.8, 4) is 0 Å². The Morgan fingerprint density at radius 2 is 1.96 bits per heavy atom. The van der Waals surface area contributed by atoms with Crippen molar-refractivity contribution < 1.29 is 14.3 Å². The Balaban J connectivity index is 0.00000208. The molecule has 7 heteroatoms. The summed E-state index contributed by atoms with van der Waals surface area (Å²) < 4.78 is 5.37. The first-order chi connectivity index (χ1) is 11.2. The summed E-state index contributed by atoms with van der Waals surface area (Å²) in [6.07, 6.45) is 3.18. The number of benzene rings is 1. The zero-order valence-electron chi connectivity index (χ0n) is 13.5. The van der Waals surface area contributed by atoms with E-state index in [-0.39, 0.29) is 36.4 Å². The molecule has 132 valence electrons. The molecule has 6 nitrogen and oxygen atoms in total. The summed E-state index contributed by atoms with van der Waals surface area (Å²) in [4.78, 5) is 24.4. The van der Waals surface area contributed by atoms with Crippen molar-refractivity contribution in [3.63, 3.8) is 0 Å². The van der Waals surface area contributed by atoms with E-state index in [1.807, 2.05) is 0 Å². The van der Waals surface area contributed by atoms with Crippen LogP contribution >= 0.6 is 12.4 Å². The Hall–Kier alpha value is -1.63. The third-order valence-electron chi connectivity index (χ3n) is 4.29. The van der Waals surface area contributed by atoms with E-state index in [0.717, 1.165) is 38.8 Å². The van der Waals surface area contributed by atoms with Gasteiger partial charge in [0.1, 0.15) is 6.10 Å². The van der Waals surface area contributed by atoms with Crippen LogP contribution in [0, 0.1) is 0 Å².